The first-order chi connectivity index (χ1) is 6.25. The molecule has 84 valence electrons. The van der Waals surface area contributed by atoms with Crippen LogP contribution in [0.5, 0.6) is 0 Å². The van der Waals surface area contributed by atoms with Gasteiger partial charge in [0.2, 0.25) is 0 Å². The minimum atomic E-state index is 0.424. The smallest absolute Gasteiger partial charge is 0.00189 e. The molecule has 0 unspecified atom stereocenters. The Labute approximate surface area is 89.9 Å². The molecule has 1 fully saturated rings. The van der Waals surface area contributed by atoms with Crippen molar-refractivity contribution in [3.8, 4) is 0 Å². The van der Waals surface area contributed by atoms with Gasteiger partial charge in [-0.25, -0.2) is 0 Å². The minimum absolute atomic E-state index is 0.424. The summed E-state index contributed by atoms with van der Waals surface area (Å²) in [7, 11) is 2.24. The summed E-state index contributed by atoms with van der Waals surface area (Å²) in [6.07, 6.45) is 2.75. The lowest BCUT2D eigenvalue weighted by Gasteiger charge is -2.48. The van der Waals surface area contributed by atoms with Gasteiger partial charge in [-0.1, -0.05) is 34.6 Å². The molecule has 14 heavy (non-hydrogen) atoms. The predicted octanol–water partition coefficient (Wildman–Crippen LogP) is 3.40. The molecule has 0 aromatic carbocycles. The monoisotopic (exact) mass is 197 g/mol. The lowest BCUT2D eigenvalue weighted by Crippen LogP contribution is -2.43. The maximum absolute atomic E-state index is 2.45. The third kappa shape index (κ3) is 2.31. The first-order valence-corrected chi connectivity index (χ1v) is 5.93. The predicted molar refractivity (Wildman–Crippen MR) is 63.5 cm³/mol. The van der Waals surface area contributed by atoms with E-state index in [-0.39, 0.29) is 0 Å². The molecule has 1 heteroatoms. The molecule has 0 aromatic heterocycles. The Bertz CT molecular complexity index is 180. The molecule has 1 aliphatic rings. The van der Waals surface area contributed by atoms with Gasteiger partial charge in [0.1, 0.15) is 0 Å². The highest BCUT2D eigenvalue weighted by atomic mass is 15.1. The first kappa shape index (κ1) is 12.0. The molecule has 0 aromatic rings. The number of hydrogen-bond donors (Lipinski definition) is 0. The van der Waals surface area contributed by atoms with E-state index in [0.717, 1.165) is 5.92 Å². The largest absolute Gasteiger partial charge is 0.306 e. The van der Waals surface area contributed by atoms with Crippen molar-refractivity contribution in [1.29, 1.82) is 0 Å². The van der Waals surface area contributed by atoms with Gasteiger partial charge < -0.3 is 4.90 Å². The van der Waals surface area contributed by atoms with Gasteiger partial charge in [0.25, 0.3) is 0 Å². The van der Waals surface area contributed by atoms with E-state index < -0.39 is 0 Å². The topological polar surface area (TPSA) is 3.24 Å². The van der Waals surface area contributed by atoms with Crippen molar-refractivity contribution >= 4 is 0 Å². The van der Waals surface area contributed by atoms with Crippen LogP contribution < -0.4 is 0 Å². The van der Waals surface area contributed by atoms with E-state index >= 15 is 0 Å². The van der Waals surface area contributed by atoms with Crippen LogP contribution in [0.1, 0.15) is 47.5 Å². The summed E-state index contributed by atoms with van der Waals surface area (Å²) in [6.45, 7) is 14.6. The van der Waals surface area contributed by atoms with Crippen molar-refractivity contribution in [2.75, 3.05) is 20.1 Å². The molecular weight excluding hydrogens is 170 g/mol. The summed E-state index contributed by atoms with van der Waals surface area (Å²) in [5, 5.41) is 0. The molecule has 1 heterocycles. The molecule has 0 amide bonds. The van der Waals surface area contributed by atoms with E-state index in [2.05, 4.69) is 46.6 Å². The van der Waals surface area contributed by atoms with Crippen LogP contribution in [0.25, 0.3) is 0 Å². The van der Waals surface area contributed by atoms with E-state index in [9.17, 15) is 0 Å². The second-order valence-electron chi connectivity index (χ2n) is 6.55. The van der Waals surface area contributed by atoms with Crippen LogP contribution in [0.4, 0.5) is 0 Å². The SMILES string of the molecule is CN1CCC(C(C)(C)C(C)(C)C)CC1. The fraction of sp³-hybridized carbons (Fsp3) is 1.00. The van der Waals surface area contributed by atoms with Crippen molar-refractivity contribution in [2.24, 2.45) is 16.7 Å². The lowest BCUT2D eigenvalue weighted by molar-refractivity contribution is 0.0184. The highest BCUT2D eigenvalue weighted by Gasteiger charge is 2.40. The van der Waals surface area contributed by atoms with E-state index in [4.69, 9.17) is 0 Å². The normalized spacial score (nSPS) is 22.7. The summed E-state index contributed by atoms with van der Waals surface area (Å²) in [4.78, 5) is 2.45. The van der Waals surface area contributed by atoms with Crippen molar-refractivity contribution in [3.05, 3.63) is 0 Å². The first-order valence-electron chi connectivity index (χ1n) is 5.93. The zero-order chi connectivity index (χ0) is 11.0. The summed E-state index contributed by atoms with van der Waals surface area (Å²) >= 11 is 0. The fourth-order valence-corrected chi connectivity index (χ4v) is 2.34. The maximum atomic E-state index is 2.45. The third-order valence-corrected chi connectivity index (χ3v) is 4.67. The van der Waals surface area contributed by atoms with Gasteiger partial charge in [0.05, 0.1) is 0 Å². The maximum Gasteiger partial charge on any atom is -0.00189 e. The Morgan fingerprint density at radius 2 is 1.36 bits per heavy atom. The van der Waals surface area contributed by atoms with Gasteiger partial charge in [-0.05, 0) is 49.7 Å². The van der Waals surface area contributed by atoms with Crippen LogP contribution >= 0.6 is 0 Å². The highest BCUT2D eigenvalue weighted by molar-refractivity contribution is 4.90. The number of rotatable bonds is 1. The zero-order valence-corrected chi connectivity index (χ0v) is 10.9. The lowest BCUT2D eigenvalue weighted by atomic mass is 9.60. The van der Waals surface area contributed by atoms with Crippen LogP contribution in [0.2, 0.25) is 0 Å². The Kier molecular flexibility index (Phi) is 3.30. The molecule has 0 radical (unpaired) electrons. The molecule has 1 aliphatic heterocycles. The van der Waals surface area contributed by atoms with Crippen molar-refractivity contribution in [3.63, 3.8) is 0 Å². The molecule has 0 atom stereocenters. The Morgan fingerprint density at radius 1 is 0.929 bits per heavy atom. The number of piperidine rings is 1. The minimum Gasteiger partial charge on any atom is -0.306 e. The fourth-order valence-electron chi connectivity index (χ4n) is 2.34. The second kappa shape index (κ2) is 3.84. The molecule has 1 saturated heterocycles. The summed E-state index contributed by atoms with van der Waals surface area (Å²) in [5.41, 5.74) is 0.891. The van der Waals surface area contributed by atoms with Crippen LogP contribution in [0.3, 0.4) is 0 Å². The molecular formula is C13H27N. The van der Waals surface area contributed by atoms with Gasteiger partial charge in [-0.2, -0.15) is 0 Å². The number of nitrogens with zero attached hydrogens (tertiary/aromatic N) is 1. The molecule has 0 spiro atoms. The standard InChI is InChI=1S/C13H27N/c1-12(2,3)13(4,5)11-7-9-14(6)10-8-11/h11H,7-10H2,1-6H3. The van der Waals surface area contributed by atoms with Crippen molar-refractivity contribution < 1.29 is 0 Å². The molecule has 0 N–H and O–H groups in total. The molecule has 0 saturated carbocycles. The van der Waals surface area contributed by atoms with Crippen LogP contribution in [0, 0.1) is 16.7 Å². The van der Waals surface area contributed by atoms with E-state index in [0.29, 0.717) is 10.8 Å². The molecule has 0 aliphatic carbocycles. The van der Waals surface area contributed by atoms with Gasteiger partial charge in [0, 0.05) is 0 Å². The van der Waals surface area contributed by atoms with Crippen LogP contribution in [-0.2, 0) is 0 Å². The average molecular weight is 197 g/mol. The van der Waals surface area contributed by atoms with Gasteiger partial charge in [-0.3, -0.25) is 0 Å². The Morgan fingerprint density at radius 3 is 1.71 bits per heavy atom. The summed E-state index contributed by atoms with van der Waals surface area (Å²) < 4.78 is 0. The van der Waals surface area contributed by atoms with E-state index in [1.165, 1.54) is 25.9 Å². The number of hydrogen-bond acceptors (Lipinski definition) is 1. The van der Waals surface area contributed by atoms with E-state index in [1.807, 2.05) is 0 Å². The van der Waals surface area contributed by atoms with Crippen LogP contribution in [-0.4, -0.2) is 25.0 Å². The summed E-state index contributed by atoms with van der Waals surface area (Å²) in [5.74, 6) is 0.902. The second-order valence-corrected chi connectivity index (χ2v) is 6.55. The highest BCUT2D eigenvalue weighted by Crippen LogP contribution is 2.47. The van der Waals surface area contributed by atoms with Crippen LogP contribution in [0.15, 0.2) is 0 Å². The van der Waals surface area contributed by atoms with Gasteiger partial charge >= 0.3 is 0 Å². The van der Waals surface area contributed by atoms with E-state index in [1.54, 1.807) is 0 Å². The van der Waals surface area contributed by atoms with Gasteiger partial charge in [0.15, 0.2) is 0 Å². The molecule has 0 bridgehead atoms. The zero-order valence-electron chi connectivity index (χ0n) is 10.9. The number of likely N-dealkylation sites (tertiary alicyclic amines) is 1. The third-order valence-electron chi connectivity index (χ3n) is 4.67. The Hall–Kier alpha value is -0.0400. The molecule has 1 rings (SSSR count). The van der Waals surface area contributed by atoms with Crippen molar-refractivity contribution in [2.45, 2.75) is 47.5 Å². The molecule has 1 nitrogen and oxygen atoms in total. The average Bonchev–Trinajstić information content (AvgIpc) is 2.03. The van der Waals surface area contributed by atoms with Crippen molar-refractivity contribution in [1.82, 2.24) is 4.90 Å². The Balaban J connectivity index is 2.65. The summed E-state index contributed by atoms with van der Waals surface area (Å²) in [6, 6.07) is 0. The van der Waals surface area contributed by atoms with Gasteiger partial charge in [-0.15, -0.1) is 0 Å². The quantitative estimate of drug-likeness (QED) is 0.623.